The molecule has 1 unspecified atom stereocenters. The first-order valence-corrected chi connectivity index (χ1v) is 8.41. The number of H-pyrrole nitrogens is 1. The molecule has 8 heteroatoms. The molecule has 0 bridgehead atoms. The Morgan fingerprint density at radius 1 is 1.12 bits per heavy atom. The van der Waals surface area contributed by atoms with Gasteiger partial charge in [-0.1, -0.05) is 29.3 Å². The molecular formula is C18H17Cl2NO5. The molecule has 0 fully saturated rings. The first kappa shape index (κ1) is 20.0. The van der Waals surface area contributed by atoms with Crippen LogP contribution in [0.1, 0.15) is 49.4 Å². The largest absolute Gasteiger partial charge is 0.465 e. The number of nitrogens with one attached hydrogen (secondary N) is 1. The molecule has 6 nitrogen and oxygen atoms in total. The number of ether oxygens (including phenoxy) is 2. The third-order valence-corrected chi connectivity index (χ3v) is 4.72. The molecule has 0 saturated carbocycles. The van der Waals surface area contributed by atoms with Crippen LogP contribution in [0.15, 0.2) is 18.2 Å². The van der Waals surface area contributed by atoms with Gasteiger partial charge < -0.3 is 14.5 Å². The molecule has 0 aliphatic carbocycles. The zero-order chi connectivity index (χ0) is 19.6. The van der Waals surface area contributed by atoms with Crippen LogP contribution in [0.2, 0.25) is 10.0 Å². The van der Waals surface area contributed by atoms with Gasteiger partial charge in [0, 0.05) is 5.69 Å². The number of aromatic amines is 1. The summed E-state index contributed by atoms with van der Waals surface area (Å²) in [6, 6.07) is 4.54. The number of aryl methyl sites for hydroxylation is 1. The molecule has 1 aromatic carbocycles. The smallest absolute Gasteiger partial charge is 0.340 e. The van der Waals surface area contributed by atoms with E-state index in [-0.39, 0.29) is 26.9 Å². The predicted octanol–water partition coefficient (Wildman–Crippen LogP) is 4.15. The van der Waals surface area contributed by atoms with Gasteiger partial charge in [-0.15, -0.1) is 0 Å². The molecule has 1 N–H and O–H groups in total. The fraction of sp³-hybridized carbons (Fsp3) is 0.278. The Kier molecular flexibility index (Phi) is 6.10. The number of esters is 2. The lowest BCUT2D eigenvalue weighted by Gasteiger charge is -2.13. The first-order chi connectivity index (χ1) is 12.2. The minimum atomic E-state index is -1.10. The number of methoxy groups -OCH3 is 1. The normalized spacial score (nSPS) is 11.8. The van der Waals surface area contributed by atoms with E-state index in [0.29, 0.717) is 11.3 Å². The minimum absolute atomic E-state index is 0.0543. The molecule has 1 atom stereocenters. The quantitative estimate of drug-likeness (QED) is 0.604. The summed E-state index contributed by atoms with van der Waals surface area (Å²) in [6.45, 7) is 4.70. The third-order valence-electron chi connectivity index (χ3n) is 3.90. The van der Waals surface area contributed by atoms with Crippen LogP contribution in [-0.2, 0) is 9.47 Å². The second kappa shape index (κ2) is 7.93. The zero-order valence-electron chi connectivity index (χ0n) is 14.6. The van der Waals surface area contributed by atoms with Crippen molar-refractivity contribution in [2.75, 3.05) is 7.11 Å². The van der Waals surface area contributed by atoms with Crippen molar-refractivity contribution in [3.8, 4) is 0 Å². The number of carbonyl (C=O) groups excluding carboxylic acids is 3. The zero-order valence-corrected chi connectivity index (χ0v) is 16.1. The topological polar surface area (TPSA) is 85.5 Å². The summed E-state index contributed by atoms with van der Waals surface area (Å²) >= 11 is 11.9. The molecule has 138 valence electrons. The van der Waals surface area contributed by atoms with Crippen LogP contribution in [0.5, 0.6) is 0 Å². The number of aromatic nitrogens is 1. The van der Waals surface area contributed by atoms with Gasteiger partial charge in [0.15, 0.2) is 6.10 Å². The SMILES string of the molecule is COC(=O)c1c(C)[nH]c(C(=O)C(C)OC(=O)c2cccc(Cl)c2Cl)c1C. The number of rotatable bonds is 5. The molecule has 0 aliphatic rings. The van der Waals surface area contributed by atoms with Crippen LogP contribution < -0.4 is 0 Å². The highest BCUT2D eigenvalue weighted by Gasteiger charge is 2.28. The van der Waals surface area contributed by atoms with Gasteiger partial charge in [-0.05, 0) is 38.5 Å². The van der Waals surface area contributed by atoms with Crippen molar-refractivity contribution >= 4 is 40.9 Å². The van der Waals surface area contributed by atoms with Gasteiger partial charge in [-0.2, -0.15) is 0 Å². The average molecular weight is 398 g/mol. The van der Waals surface area contributed by atoms with Gasteiger partial charge in [0.2, 0.25) is 5.78 Å². The summed E-state index contributed by atoms with van der Waals surface area (Å²) in [6.07, 6.45) is -1.10. The van der Waals surface area contributed by atoms with Crippen LogP contribution in [0, 0.1) is 13.8 Å². The van der Waals surface area contributed by atoms with Crippen molar-refractivity contribution in [3.05, 3.63) is 56.3 Å². The van der Waals surface area contributed by atoms with E-state index in [1.54, 1.807) is 19.9 Å². The van der Waals surface area contributed by atoms with Crippen molar-refractivity contribution in [2.24, 2.45) is 0 Å². The number of ketones is 1. The van der Waals surface area contributed by atoms with Gasteiger partial charge in [-0.25, -0.2) is 9.59 Å². The Morgan fingerprint density at radius 3 is 2.38 bits per heavy atom. The molecule has 26 heavy (non-hydrogen) atoms. The first-order valence-electron chi connectivity index (χ1n) is 7.65. The lowest BCUT2D eigenvalue weighted by atomic mass is 10.1. The van der Waals surface area contributed by atoms with E-state index in [0.717, 1.165) is 0 Å². The number of hydrogen-bond donors (Lipinski definition) is 1. The maximum absolute atomic E-state index is 12.6. The lowest BCUT2D eigenvalue weighted by Crippen LogP contribution is -2.25. The molecule has 0 spiro atoms. The number of halogens is 2. The van der Waals surface area contributed by atoms with Gasteiger partial charge in [0.1, 0.15) is 0 Å². The average Bonchev–Trinajstić information content (AvgIpc) is 2.90. The van der Waals surface area contributed by atoms with E-state index in [4.69, 9.17) is 32.7 Å². The van der Waals surface area contributed by atoms with E-state index in [9.17, 15) is 14.4 Å². The summed E-state index contributed by atoms with van der Waals surface area (Å²) < 4.78 is 9.93. The summed E-state index contributed by atoms with van der Waals surface area (Å²) in [5, 5.41) is 0.261. The summed E-state index contributed by atoms with van der Waals surface area (Å²) in [5.41, 5.74) is 1.46. The molecule has 0 saturated heterocycles. The maximum Gasteiger partial charge on any atom is 0.340 e. The summed E-state index contributed by atoms with van der Waals surface area (Å²) in [4.78, 5) is 39.6. The Labute approximate surface area is 160 Å². The highest BCUT2D eigenvalue weighted by molar-refractivity contribution is 6.43. The number of Topliss-reactive ketones (excluding diaryl/α,β-unsaturated/α-hetero) is 1. The van der Waals surface area contributed by atoms with Crippen molar-refractivity contribution in [1.82, 2.24) is 4.98 Å². The molecule has 2 aromatic rings. The van der Waals surface area contributed by atoms with Gasteiger partial charge in [0.05, 0.1) is 34.0 Å². The predicted molar refractivity (Wildman–Crippen MR) is 97.3 cm³/mol. The minimum Gasteiger partial charge on any atom is -0.465 e. The fourth-order valence-corrected chi connectivity index (χ4v) is 2.92. The second-order valence-electron chi connectivity index (χ2n) is 5.63. The van der Waals surface area contributed by atoms with E-state index < -0.39 is 23.8 Å². The Balaban J connectivity index is 2.24. The Hall–Kier alpha value is -2.31. The van der Waals surface area contributed by atoms with Crippen LogP contribution in [0.3, 0.4) is 0 Å². The second-order valence-corrected chi connectivity index (χ2v) is 6.41. The van der Waals surface area contributed by atoms with Gasteiger partial charge in [-0.3, -0.25) is 4.79 Å². The van der Waals surface area contributed by atoms with Crippen molar-refractivity contribution < 1.29 is 23.9 Å². The third kappa shape index (κ3) is 3.76. The van der Waals surface area contributed by atoms with E-state index in [2.05, 4.69) is 4.98 Å². The van der Waals surface area contributed by atoms with E-state index >= 15 is 0 Å². The molecule has 2 rings (SSSR count). The molecule has 1 heterocycles. The van der Waals surface area contributed by atoms with Crippen LogP contribution in [0.4, 0.5) is 0 Å². The number of benzene rings is 1. The standard InChI is InChI=1S/C18H17Cl2NO5/c1-8-13(18(24)25-4)9(2)21-15(8)16(22)10(3)26-17(23)11-6-5-7-12(19)14(11)20/h5-7,10,21H,1-4H3. The molecule has 0 aliphatic heterocycles. The van der Waals surface area contributed by atoms with E-state index in [1.165, 1.54) is 26.2 Å². The van der Waals surface area contributed by atoms with Gasteiger partial charge >= 0.3 is 11.9 Å². The van der Waals surface area contributed by atoms with Crippen LogP contribution >= 0.6 is 23.2 Å². The molecular weight excluding hydrogens is 381 g/mol. The maximum atomic E-state index is 12.6. The van der Waals surface area contributed by atoms with Gasteiger partial charge in [0.25, 0.3) is 0 Å². The highest BCUT2D eigenvalue weighted by Crippen LogP contribution is 2.27. The molecule has 1 aromatic heterocycles. The van der Waals surface area contributed by atoms with Crippen molar-refractivity contribution in [3.63, 3.8) is 0 Å². The number of hydrogen-bond acceptors (Lipinski definition) is 5. The summed E-state index contributed by atoms with van der Waals surface area (Å²) in [7, 11) is 1.26. The lowest BCUT2D eigenvalue weighted by molar-refractivity contribution is 0.0317. The Bertz CT molecular complexity index is 888. The fourth-order valence-electron chi connectivity index (χ4n) is 2.55. The van der Waals surface area contributed by atoms with Crippen molar-refractivity contribution in [2.45, 2.75) is 26.9 Å². The summed E-state index contributed by atoms with van der Waals surface area (Å²) in [5.74, 6) is -1.80. The molecule has 0 radical (unpaired) electrons. The monoisotopic (exact) mass is 397 g/mol. The van der Waals surface area contributed by atoms with E-state index in [1.807, 2.05) is 0 Å². The molecule has 0 amide bonds. The Morgan fingerprint density at radius 2 is 1.77 bits per heavy atom. The number of carbonyl (C=O) groups is 3. The highest BCUT2D eigenvalue weighted by atomic mass is 35.5. The van der Waals surface area contributed by atoms with Crippen LogP contribution in [0.25, 0.3) is 0 Å². The van der Waals surface area contributed by atoms with Crippen LogP contribution in [-0.4, -0.2) is 35.9 Å². The van der Waals surface area contributed by atoms with Crippen molar-refractivity contribution in [1.29, 1.82) is 0 Å².